The molecule has 0 spiro atoms. The van der Waals surface area contributed by atoms with Crippen molar-refractivity contribution in [3.8, 4) is 5.75 Å². The van der Waals surface area contributed by atoms with Crippen LogP contribution in [0, 0.1) is 0 Å². The Hall–Kier alpha value is -2.00. The van der Waals surface area contributed by atoms with Gasteiger partial charge in [-0.15, -0.1) is 0 Å². The molecule has 0 radical (unpaired) electrons. The van der Waals surface area contributed by atoms with Crippen LogP contribution in [0.1, 0.15) is 12.0 Å². The third kappa shape index (κ3) is 4.94. The first-order valence-corrected chi connectivity index (χ1v) is 6.88. The van der Waals surface area contributed by atoms with Crippen LogP contribution >= 0.6 is 0 Å². The fourth-order valence-electron chi connectivity index (χ4n) is 1.92. The van der Waals surface area contributed by atoms with E-state index >= 15 is 0 Å². The molecule has 2 rings (SSSR count). The number of ether oxygens (including phenoxy) is 2. The van der Waals surface area contributed by atoms with Crippen molar-refractivity contribution < 1.29 is 9.47 Å². The summed E-state index contributed by atoms with van der Waals surface area (Å²) < 4.78 is 10.8. The maximum atomic E-state index is 5.66. The largest absolute Gasteiger partial charge is 0.497 e. The van der Waals surface area contributed by atoms with Crippen molar-refractivity contribution in [3.63, 3.8) is 0 Å². The van der Waals surface area contributed by atoms with Crippen molar-refractivity contribution in [1.29, 1.82) is 0 Å². The zero-order chi connectivity index (χ0) is 14.0. The van der Waals surface area contributed by atoms with E-state index in [-0.39, 0.29) is 0 Å². The standard InChI is InChI=1S/C17H21NO2/c1-19-17-10-5-7-15(13-17)14-20-12-6-11-18-16-8-3-2-4-9-16/h2-5,7-10,13,18H,6,11-12,14H2,1H3. The summed E-state index contributed by atoms with van der Waals surface area (Å²) in [5, 5.41) is 3.36. The monoisotopic (exact) mass is 271 g/mol. The second-order valence-electron chi connectivity index (χ2n) is 4.55. The van der Waals surface area contributed by atoms with E-state index in [0.717, 1.165) is 36.6 Å². The van der Waals surface area contributed by atoms with Gasteiger partial charge in [0.15, 0.2) is 0 Å². The van der Waals surface area contributed by atoms with Gasteiger partial charge < -0.3 is 14.8 Å². The van der Waals surface area contributed by atoms with Gasteiger partial charge in [-0.25, -0.2) is 0 Å². The smallest absolute Gasteiger partial charge is 0.119 e. The van der Waals surface area contributed by atoms with Crippen molar-refractivity contribution in [1.82, 2.24) is 0 Å². The van der Waals surface area contributed by atoms with Crippen LogP contribution in [-0.4, -0.2) is 20.3 Å². The van der Waals surface area contributed by atoms with Crippen LogP contribution in [0.4, 0.5) is 5.69 Å². The number of hydrogen-bond donors (Lipinski definition) is 1. The lowest BCUT2D eigenvalue weighted by atomic mass is 10.2. The molecular formula is C17H21NO2. The van der Waals surface area contributed by atoms with Crippen LogP contribution in [0.3, 0.4) is 0 Å². The molecule has 106 valence electrons. The number of rotatable bonds is 8. The molecule has 0 aliphatic rings. The Morgan fingerprint density at radius 1 is 1.00 bits per heavy atom. The van der Waals surface area contributed by atoms with Gasteiger partial charge in [0, 0.05) is 18.8 Å². The van der Waals surface area contributed by atoms with Gasteiger partial charge in [0.05, 0.1) is 13.7 Å². The van der Waals surface area contributed by atoms with E-state index in [9.17, 15) is 0 Å². The van der Waals surface area contributed by atoms with E-state index in [1.807, 2.05) is 42.5 Å². The van der Waals surface area contributed by atoms with E-state index in [0.29, 0.717) is 6.61 Å². The zero-order valence-corrected chi connectivity index (χ0v) is 11.8. The molecular weight excluding hydrogens is 250 g/mol. The number of hydrogen-bond acceptors (Lipinski definition) is 3. The molecule has 1 N–H and O–H groups in total. The Labute approximate surface area is 120 Å². The van der Waals surface area contributed by atoms with Crippen molar-refractivity contribution in [2.24, 2.45) is 0 Å². The number of benzene rings is 2. The quantitative estimate of drug-likeness (QED) is 0.742. The maximum Gasteiger partial charge on any atom is 0.119 e. The minimum Gasteiger partial charge on any atom is -0.497 e. The predicted octanol–water partition coefficient (Wildman–Crippen LogP) is 3.71. The molecule has 0 bridgehead atoms. The first-order valence-electron chi connectivity index (χ1n) is 6.88. The molecule has 0 fully saturated rings. The number of methoxy groups -OCH3 is 1. The Balaban J connectivity index is 1.59. The average Bonchev–Trinajstić information content (AvgIpc) is 2.52. The Morgan fingerprint density at radius 3 is 2.65 bits per heavy atom. The first kappa shape index (κ1) is 14.4. The van der Waals surface area contributed by atoms with Crippen molar-refractivity contribution in [3.05, 3.63) is 60.2 Å². The predicted molar refractivity (Wildman–Crippen MR) is 82.2 cm³/mol. The van der Waals surface area contributed by atoms with Gasteiger partial charge in [0.2, 0.25) is 0 Å². The second kappa shape index (κ2) is 8.23. The summed E-state index contributed by atoms with van der Waals surface area (Å²) in [6, 6.07) is 18.2. The number of para-hydroxylation sites is 1. The Kier molecular flexibility index (Phi) is 5.93. The number of nitrogens with one attached hydrogen (secondary N) is 1. The number of anilines is 1. The molecule has 0 saturated carbocycles. The van der Waals surface area contributed by atoms with Gasteiger partial charge >= 0.3 is 0 Å². The highest BCUT2D eigenvalue weighted by atomic mass is 16.5. The topological polar surface area (TPSA) is 30.5 Å². The lowest BCUT2D eigenvalue weighted by Gasteiger charge is -2.08. The Morgan fingerprint density at radius 2 is 1.85 bits per heavy atom. The fourth-order valence-corrected chi connectivity index (χ4v) is 1.92. The van der Waals surface area contributed by atoms with E-state index in [1.165, 1.54) is 0 Å². The van der Waals surface area contributed by atoms with E-state index in [2.05, 4.69) is 17.4 Å². The summed E-state index contributed by atoms with van der Waals surface area (Å²) in [5.41, 5.74) is 2.29. The molecule has 2 aromatic rings. The normalized spacial score (nSPS) is 10.2. The van der Waals surface area contributed by atoms with Gasteiger partial charge in [0.25, 0.3) is 0 Å². The highest BCUT2D eigenvalue weighted by molar-refractivity contribution is 5.42. The summed E-state index contributed by atoms with van der Waals surface area (Å²) in [4.78, 5) is 0. The van der Waals surface area contributed by atoms with Gasteiger partial charge in [0.1, 0.15) is 5.75 Å². The van der Waals surface area contributed by atoms with Crippen LogP contribution in [0.15, 0.2) is 54.6 Å². The molecule has 3 nitrogen and oxygen atoms in total. The summed E-state index contributed by atoms with van der Waals surface area (Å²) in [6.07, 6.45) is 0.985. The van der Waals surface area contributed by atoms with Gasteiger partial charge in [-0.1, -0.05) is 30.3 Å². The van der Waals surface area contributed by atoms with Gasteiger partial charge in [-0.2, -0.15) is 0 Å². The van der Waals surface area contributed by atoms with Crippen LogP contribution in [-0.2, 0) is 11.3 Å². The van der Waals surface area contributed by atoms with Gasteiger partial charge in [-0.3, -0.25) is 0 Å². The lowest BCUT2D eigenvalue weighted by Crippen LogP contribution is -2.05. The SMILES string of the molecule is COc1cccc(COCCCNc2ccccc2)c1. The second-order valence-corrected chi connectivity index (χ2v) is 4.55. The summed E-state index contributed by atoms with van der Waals surface area (Å²) >= 11 is 0. The van der Waals surface area contributed by atoms with E-state index in [4.69, 9.17) is 9.47 Å². The Bertz CT molecular complexity index is 499. The summed E-state index contributed by atoms with van der Waals surface area (Å²) in [5.74, 6) is 0.872. The summed E-state index contributed by atoms with van der Waals surface area (Å²) in [6.45, 7) is 2.29. The molecule has 20 heavy (non-hydrogen) atoms. The van der Waals surface area contributed by atoms with Crippen LogP contribution in [0.5, 0.6) is 5.75 Å². The fraction of sp³-hybridized carbons (Fsp3) is 0.294. The minimum absolute atomic E-state index is 0.628. The molecule has 2 aromatic carbocycles. The third-order valence-electron chi connectivity index (χ3n) is 2.97. The minimum atomic E-state index is 0.628. The lowest BCUT2D eigenvalue weighted by molar-refractivity contribution is 0.120. The zero-order valence-electron chi connectivity index (χ0n) is 11.8. The van der Waals surface area contributed by atoms with Crippen LogP contribution < -0.4 is 10.1 Å². The molecule has 3 heteroatoms. The van der Waals surface area contributed by atoms with Crippen LogP contribution in [0.25, 0.3) is 0 Å². The molecule has 0 heterocycles. The van der Waals surface area contributed by atoms with E-state index in [1.54, 1.807) is 7.11 Å². The highest BCUT2D eigenvalue weighted by Gasteiger charge is 1.96. The molecule has 0 aromatic heterocycles. The highest BCUT2D eigenvalue weighted by Crippen LogP contribution is 2.13. The maximum absolute atomic E-state index is 5.66. The average molecular weight is 271 g/mol. The molecule has 0 unspecified atom stereocenters. The summed E-state index contributed by atoms with van der Waals surface area (Å²) in [7, 11) is 1.68. The van der Waals surface area contributed by atoms with Crippen molar-refractivity contribution in [2.45, 2.75) is 13.0 Å². The molecule has 0 aliphatic heterocycles. The first-order chi connectivity index (χ1) is 9.88. The molecule has 0 atom stereocenters. The van der Waals surface area contributed by atoms with Gasteiger partial charge in [-0.05, 0) is 36.2 Å². The third-order valence-corrected chi connectivity index (χ3v) is 2.97. The molecule has 0 aliphatic carbocycles. The van der Waals surface area contributed by atoms with E-state index < -0.39 is 0 Å². The van der Waals surface area contributed by atoms with Crippen molar-refractivity contribution in [2.75, 3.05) is 25.6 Å². The molecule has 0 saturated heterocycles. The molecule has 0 amide bonds. The van der Waals surface area contributed by atoms with Crippen LogP contribution in [0.2, 0.25) is 0 Å². The van der Waals surface area contributed by atoms with Crippen molar-refractivity contribution >= 4 is 5.69 Å².